The quantitative estimate of drug-likeness (QED) is 0.682. The zero-order chi connectivity index (χ0) is 20.3. The fourth-order valence-corrected chi connectivity index (χ4v) is 3.75. The molecular weight excluding hydrogens is 409 g/mol. The monoisotopic (exact) mass is 421 g/mol. The number of amides is 1. The zero-order valence-corrected chi connectivity index (χ0v) is 15.7. The van der Waals surface area contributed by atoms with Crippen LogP contribution in [-0.2, 0) is 21.2 Å². The van der Waals surface area contributed by atoms with E-state index >= 15 is 0 Å². The van der Waals surface area contributed by atoms with E-state index in [1.54, 1.807) is 18.2 Å². The van der Waals surface area contributed by atoms with E-state index in [0.717, 1.165) is 28.9 Å². The molecule has 2 aromatic carbocycles. The molecule has 0 unspecified atom stereocenters. The van der Waals surface area contributed by atoms with Crippen LogP contribution in [-0.4, -0.2) is 24.1 Å². The lowest BCUT2D eigenvalue weighted by molar-refractivity contribution is -0.117. The molecule has 28 heavy (non-hydrogen) atoms. The Hall–Kier alpha value is -3.04. The first-order chi connectivity index (χ1) is 13.3. The third-order valence-corrected chi connectivity index (χ3v) is 5.64. The van der Waals surface area contributed by atoms with Gasteiger partial charge in [0.1, 0.15) is 12.4 Å². The lowest BCUT2D eigenvalue weighted by Gasteiger charge is -2.10. The van der Waals surface area contributed by atoms with Crippen LogP contribution in [0.4, 0.5) is 10.1 Å². The van der Waals surface area contributed by atoms with Crippen molar-refractivity contribution in [2.75, 3.05) is 5.32 Å². The van der Waals surface area contributed by atoms with Crippen LogP contribution in [0.25, 0.3) is 0 Å². The number of benzene rings is 2. The van der Waals surface area contributed by atoms with E-state index in [1.807, 2.05) is 0 Å². The summed E-state index contributed by atoms with van der Waals surface area (Å²) in [4.78, 5) is 24.2. The van der Waals surface area contributed by atoms with Gasteiger partial charge in [0.25, 0.3) is 5.56 Å². The molecule has 0 radical (unpaired) electrons. The summed E-state index contributed by atoms with van der Waals surface area (Å²) in [5, 5.41) is 5.83. The number of sulfone groups is 1. The van der Waals surface area contributed by atoms with E-state index in [1.165, 1.54) is 18.2 Å². The molecule has 1 heterocycles. The van der Waals surface area contributed by atoms with Crippen molar-refractivity contribution in [2.45, 2.75) is 16.5 Å². The number of hydrogen-bond donors (Lipinski definition) is 1. The molecule has 3 rings (SSSR count). The molecule has 0 spiro atoms. The van der Waals surface area contributed by atoms with E-state index in [0.29, 0.717) is 0 Å². The third-order valence-electron chi connectivity index (χ3n) is 3.67. The standard InChI is InChI=1S/C18H13ClFN3O4S/c19-14-10-12(20)6-7-15(14)21-16(24)11-23-18(25)9-8-17(22-23)28(26,27)13-4-2-1-3-5-13/h1-10H,11H2,(H,21,24). The normalized spacial score (nSPS) is 11.2. The van der Waals surface area contributed by atoms with E-state index < -0.39 is 33.7 Å². The van der Waals surface area contributed by atoms with Gasteiger partial charge < -0.3 is 5.32 Å². The summed E-state index contributed by atoms with van der Waals surface area (Å²) in [7, 11) is -3.95. The molecule has 144 valence electrons. The first-order valence-corrected chi connectivity index (χ1v) is 9.77. The van der Waals surface area contributed by atoms with Gasteiger partial charge in [-0.25, -0.2) is 17.5 Å². The Morgan fingerprint density at radius 1 is 1.11 bits per heavy atom. The predicted molar refractivity (Wildman–Crippen MR) is 100 cm³/mol. The highest BCUT2D eigenvalue weighted by atomic mass is 35.5. The molecular formula is C18H13ClFN3O4S. The number of anilines is 1. The summed E-state index contributed by atoms with van der Waals surface area (Å²) < 4.78 is 39.0. The summed E-state index contributed by atoms with van der Waals surface area (Å²) in [5.41, 5.74) is -0.512. The number of halogens is 2. The van der Waals surface area contributed by atoms with Crippen LogP contribution >= 0.6 is 11.6 Å². The molecule has 0 aliphatic carbocycles. The van der Waals surface area contributed by atoms with Crippen molar-refractivity contribution in [3.05, 3.63) is 81.9 Å². The Bertz CT molecular complexity index is 1200. The molecule has 0 saturated heterocycles. The Kier molecular flexibility index (Phi) is 5.57. The lowest BCUT2D eigenvalue weighted by atomic mass is 10.3. The SMILES string of the molecule is O=C(Cn1nc(S(=O)(=O)c2ccccc2)ccc1=O)Nc1ccc(F)cc1Cl. The molecule has 0 fully saturated rings. The Labute approximate surface area is 164 Å². The van der Waals surface area contributed by atoms with Crippen LogP contribution in [0.15, 0.2) is 75.4 Å². The minimum atomic E-state index is -3.95. The minimum absolute atomic E-state index is 0.00949. The average Bonchev–Trinajstić information content (AvgIpc) is 2.66. The largest absolute Gasteiger partial charge is 0.323 e. The van der Waals surface area contributed by atoms with E-state index in [-0.39, 0.29) is 20.6 Å². The minimum Gasteiger partial charge on any atom is -0.323 e. The van der Waals surface area contributed by atoms with Crippen LogP contribution in [0.3, 0.4) is 0 Å². The van der Waals surface area contributed by atoms with Gasteiger partial charge in [-0.2, -0.15) is 5.10 Å². The second kappa shape index (κ2) is 7.91. The Morgan fingerprint density at radius 2 is 1.82 bits per heavy atom. The van der Waals surface area contributed by atoms with E-state index in [9.17, 15) is 22.4 Å². The van der Waals surface area contributed by atoms with Crippen molar-refractivity contribution in [3.63, 3.8) is 0 Å². The van der Waals surface area contributed by atoms with Crippen molar-refractivity contribution >= 4 is 33.0 Å². The van der Waals surface area contributed by atoms with Gasteiger partial charge in [-0.15, -0.1) is 0 Å². The molecule has 1 amide bonds. The van der Waals surface area contributed by atoms with Gasteiger partial charge in [0.2, 0.25) is 15.7 Å². The van der Waals surface area contributed by atoms with Gasteiger partial charge >= 0.3 is 0 Å². The van der Waals surface area contributed by atoms with Gasteiger partial charge in [0, 0.05) is 6.07 Å². The maximum atomic E-state index is 13.1. The van der Waals surface area contributed by atoms with Crippen LogP contribution in [0.5, 0.6) is 0 Å². The number of carbonyl (C=O) groups excluding carboxylic acids is 1. The average molecular weight is 422 g/mol. The molecule has 10 heteroatoms. The van der Waals surface area contributed by atoms with Crippen LogP contribution in [0, 0.1) is 5.82 Å². The third kappa shape index (κ3) is 4.26. The highest BCUT2D eigenvalue weighted by Gasteiger charge is 2.20. The van der Waals surface area contributed by atoms with Crippen LogP contribution in [0.2, 0.25) is 5.02 Å². The molecule has 1 N–H and O–H groups in total. The van der Waals surface area contributed by atoms with Gasteiger partial charge in [-0.1, -0.05) is 29.8 Å². The first-order valence-electron chi connectivity index (χ1n) is 7.90. The highest BCUT2D eigenvalue weighted by Crippen LogP contribution is 2.22. The molecule has 7 nitrogen and oxygen atoms in total. The number of carbonyl (C=O) groups is 1. The molecule has 1 aromatic heterocycles. The molecule has 0 aliphatic heterocycles. The first kappa shape index (κ1) is 19.7. The smallest absolute Gasteiger partial charge is 0.267 e. The van der Waals surface area contributed by atoms with Gasteiger partial charge in [-0.3, -0.25) is 9.59 Å². The van der Waals surface area contributed by atoms with Gasteiger partial charge in [-0.05, 0) is 36.4 Å². The van der Waals surface area contributed by atoms with Crippen LogP contribution < -0.4 is 10.9 Å². The van der Waals surface area contributed by atoms with E-state index in [2.05, 4.69) is 10.4 Å². The fourth-order valence-electron chi connectivity index (χ4n) is 2.32. The number of aromatic nitrogens is 2. The summed E-state index contributed by atoms with van der Waals surface area (Å²) >= 11 is 5.84. The number of nitrogens with zero attached hydrogens (tertiary/aromatic N) is 2. The fraction of sp³-hybridized carbons (Fsp3) is 0.0556. The molecule has 0 aliphatic rings. The summed E-state index contributed by atoms with van der Waals surface area (Å²) in [5.74, 6) is -1.25. The number of nitrogens with one attached hydrogen (secondary N) is 1. The second-order valence-electron chi connectivity index (χ2n) is 5.66. The number of hydrogen-bond acceptors (Lipinski definition) is 5. The van der Waals surface area contributed by atoms with Gasteiger partial charge in [0.15, 0.2) is 5.03 Å². The van der Waals surface area contributed by atoms with Crippen molar-refractivity contribution in [3.8, 4) is 0 Å². The van der Waals surface area contributed by atoms with Crippen molar-refractivity contribution in [2.24, 2.45) is 0 Å². The lowest BCUT2D eigenvalue weighted by Crippen LogP contribution is -2.30. The summed E-state index contributed by atoms with van der Waals surface area (Å²) in [6, 6.07) is 13.1. The Balaban J connectivity index is 1.86. The second-order valence-corrected chi connectivity index (χ2v) is 7.96. The van der Waals surface area contributed by atoms with Crippen molar-refractivity contribution < 1.29 is 17.6 Å². The molecule has 0 atom stereocenters. The van der Waals surface area contributed by atoms with E-state index in [4.69, 9.17) is 11.6 Å². The maximum absolute atomic E-state index is 13.1. The number of rotatable bonds is 5. The highest BCUT2D eigenvalue weighted by molar-refractivity contribution is 7.91. The van der Waals surface area contributed by atoms with Crippen molar-refractivity contribution in [1.82, 2.24) is 9.78 Å². The molecule has 3 aromatic rings. The van der Waals surface area contributed by atoms with Crippen LogP contribution in [0.1, 0.15) is 0 Å². The summed E-state index contributed by atoms with van der Waals surface area (Å²) in [6.45, 7) is -0.551. The summed E-state index contributed by atoms with van der Waals surface area (Å²) in [6.07, 6.45) is 0. The topological polar surface area (TPSA) is 98.1 Å². The zero-order valence-electron chi connectivity index (χ0n) is 14.2. The maximum Gasteiger partial charge on any atom is 0.267 e. The Morgan fingerprint density at radius 3 is 2.50 bits per heavy atom. The van der Waals surface area contributed by atoms with Gasteiger partial charge in [0.05, 0.1) is 15.6 Å². The molecule has 0 saturated carbocycles. The molecule has 0 bridgehead atoms. The van der Waals surface area contributed by atoms with Crippen molar-refractivity contribution in [1.29, 1.82) is 0 Å². The predicted octanol–water partition coefficient (Wildman–Crippen LogP) is 2.51.